The molecule has 5 nitrogen and oxygen atoms in total. The van der Waals surface area contributed by atoms with Crippen LogP contribution in [0.2, 0.25) is 0 Å². The minimum absolute atomic E-state index is 0.412. The number of thioether (sulfide) groups is 1. The highest BCUT2D eigenvalue weighted by molar-refractivity contribution is 7.99. The van der Waals surface area contributed by atoms with Crippen LogP contribution in [0.1, 0.15) is 59.7 Å². The molecule has 0 aromatic carbocycles. The Morgan fingerprint density at radius 3 is 2.28 bits per heavy atom. The zero-order chi connectivity index (χ0) is 22.7. The highest BCUT2D eigenvalue weighted by atomic mass is 32.2. The molecule has 1 saturated carbocycles. The van der Waals surface area contributed by atoms with E-state index >= 15 is 0 Å². The minimum atomic E-state index is 0.412. The highest BCUT2D eigenvalue weighted by Crippen LogP contribution is 2.31. The van der Waals surface area contributed by atoms with E-state index in [4.69, 9.17) is 16.3 Å². The van der Waals surface area contributed by atoms with E-state index < -0.39 is 0 Å². The molecule has 0 radical (unpaired) electrons. The summed E-state index contributed by atoms with van der Waals surface area (Å²) in [6.45, 7) is 18.1. The summed E-state index contributed by atoms with van der Waals surface area (Å²) in [7, 11) is 0. The van der Waals surface area contributed by atoms with E-state index in [0.717, 1.165) is 34.6 Å². The molecule has 1 aromatic rings. The minimum Gasteiger partial charge on any atom is -0.324 e. The Labute approximate surface area is 182 Å². The van der Waals surface area contributed by atoms with Crippen molar-refractivity contribution >= 4 is 11.8 Å². The standard InChI is InChI=1S/C11H16N4S.C5H5N.C5H10.C2H6/c1-3-15-10(7-13)14-8-11(15)16-5-4-9(2)6-12;1-3-5(2)4-6;1-2-5-3-4-5;1-2/h4,8H,3,5,7,13H2,1-2H3;3H,1-2H2;5H,2-4H2,1H3;1-2H3/b9-4+;;;. The van der Waals surface area contributed by atoms with Gasteiger partial charge < -0.3 is 10.3 Å². The molecule has 1 aliphatic carbocycles. The van der Waals surface area contributed by atoms with Gasteiger partial charge in [-0.25, -0.2) is 4.98 Å². The third-order valence-corrected chi connectivity index (χ3v) is 4.82. The molecule has 0 atom stereocenters. The van der Waals surface area contributed by atoms with Crippen molar-refractivity contribution in [2.45, 2.75) is 72.0 Å². The van der Waals surface area contributed by atoms with E-state index in [0.29, 0.717) is 12.1 Å². The molecule has 1 aromatic heterocycles. The van der Waals surface area contributed by atoms with Gasteiger partial charge in [-0.3, -0.25) is 0 Å². The largest absolute Gasteiger partial charge is 0.324 e. The molecule has 29 heavy (non-hydrogen) atoms. The van der Waals surface area contributed by atoms with E-state index in [-0.39, 0.29) is 0 Å². The molecule has 160 valence electrons. The van der Waals surface area contributed by atoms with E-state index in [1.807, 2.05) is 33.0 Å². The number of allylic oxidation sites excluding steroid dienone is 3. The van der Waals surface area contributed by atoms with Crippen molar-refractivity contribution in [2.24, 2.45) is 11.7 Å². The highest BCUT2D eigenvalue weighted by Gasteiger charge is 2.17. The van der Waals surface area contributed by atoms with Gasteiger partial charge in [0.15, 0.2) is 0 Å². The summed E-state index contributed by atoms with van der Waals surface area (Å²) in [6, 6.07) is 3.90. The monoisotopic (exact) mass is 415 g/mol. The second kappa shape index (κ2) is 19.1. The molecular formula is C23H37N5S. The molecule has 6 heteroatoms. The fourth-order valence-corrected chi connectivity index (χ4v) is 2.90. The molecule has 0 bridgehead atoms. The number of aromatic nitrogens is 2. The normalized spacial score (nSPS) is 11.8. The summed E-state index contributed by atoms with van der Waals surface area (Å²) in [4.78, 5) is 4.25. The maximum atomic E-state index is 8.61. The van der Waals surface area contributed by atoms with E-state index in [2.05, 4.69) is 42.6 Å². The first-order chi connectivity index (χ1) is 14.0. The summed E-state index contributed by atoms with van der Waals surface area (Å²) in [5.74, 6) is 2.83. The fraction of sp³-hybridized carbons (Fsp3) is 0.522. The van der Waals surface area contributed by atoms with Crippen LogP contribution >= 0.6 is 11.8 Å². The van der Waals surface area contributed by atoms with Gasteiger partial charge in [-0.1, -0.05) is 65.3 Å². The number of nitrogens with zero attached hydrogens (tertiary/aromatic N) is 4. The van der Waals surface area contributed by atoms with E-state index in [1.54, 1.807) is 17.8 Å². The van der Waals surface area contributed by atoms with Crippen molar-refractivity contribution in [1.29, 1.82) is 10.5 Å². The number of imidazole rings is 1. The van der Waals surface area contributed by atoms with Crippen molar-refractivity contribution in [1.82, 2.24) is 9.55 Å². The average Bonchev–Trinajstić information content (AvgIpc) is 3.54. The Balaban J connectivity index is 0. The molecule has 0 spiro atoms. The van der Waals surface area contributed by atoms with Gasteiger partial charge in [-0.15, -0.1) is 11.8 Å². The first-order valence-corrected chi connectivity index (χ1v) is 11.1. The predicted molar refractivity (Wildman–Crippen MR) is 125 cm³/mol. The number of nitriles is 2. The van der Waals surface area contributed by atoms with Crippen molar-refractivity contribution in [3.63, 3.8) is 0 Å². The van der Waals surface area contributed by atoms with Gasteiger partial charge in [0.1, 0.15) is 5.82 Å². The Morgan fingerprint density at radius 2 is 1.97 bits per heavy atom. The SMILES string of the molecule is C=CC(=C)C#N.CC.CCC1CC1.CCn1c(SC/C=C(\C)C#N)cnc1CN. The van der Waals surface area contributed by atoms with Crippen molar-refractivity contribution in [3.05, 3.63) is 48.5 Å². The summed E-state index contributed by atoms with van der Waals surface area (Å²) in [6.07, 6.45) is 9.61. The number of nitrogens with two attached hydrogens (primary N) is 1. The average molecular weight is 416 g/mol. The maximum absolute atomic E-state index is 8.61. The zero-order valence-electron chi connectivity index (χ0n) is 18.7. The Hall–Kier alpha value is -2.28. The van der Waals surface area contributed by atoms with Gasteiger partial charge in [-0.05, 0) is 19.8 Å². The second-order valence-electron chi connectivity index (χ2n) is 5.96. The molecule has 1 fully saturated rings. The van der Waals surface area contributed by atoms with Gasteiger partial charge in [0.05, 0.1) is 29.9 Å². The lowest BCUT2D eigenvalue weighted by Crippen LogP contribution is -2.08. The third-order valence-electron chi connectivity index (χ3n) is 3.86. The Kier molecular flexibility index (Phi) is 19.0. The van der Waals surface area contributed by atoms with Crippen LogP contribution in [0.5, 0.6) is 0 Å². The lowest BCUT2D eigenvalue weighted by atomic mass is 10.3. The number of rotatable bonds is 7. The Bertz CT molecular complexity index is 700. The van der Waals surface area contributed by atoms with Crippen LogP contribution in [0.25, 0.3) is 0 Å². The molecule has 2 N–H and O–H groups in total. The summed E-state index contributed by atoms with van der Waals surface area (Å²) in [5, 5.41) is 17.6. The van der Waals surface area contributed by atoms with Gasteiger partial charge in [0.25, 0.3) is 0 Å². The summed E-state index contributed by atoms with van der Waals surface area (Å²) < 4.78 is 2.10. The van der Waals surface area contributed by atoms with Gasteiger partial charge in [0.2, 0.25) is 0 Å². The van der Waals surface area contributed by atoms with Crippen molar-refractivity contribution < 1.29 is 0 Å². The van der Waals surface area contributed by atoms with Crippen molar-refractivity contribution in [3.8, 4) is 12.1 Å². The quantitative estimate of drug-likeness (QED) is 0.334. The van der Waals surface area contributed by atoms with Crippen LogP contribution in [0, 0.1) is 28.6 Å². The second-order valence-corrected chi connectivity index (χ2v) is 7.00. The summed E-state index contributed by atoms with van der Waals surface area (Å²) in [5.41, 5.74) is 6.75. The third kappa shape index (κ3) is 14.4. The van der Waals surface area contributed by atoms with Crippen LogP contribution in [-0.4, -0.2) is 15.3 Å². The lowest BCUT2D eigenvalue weighted by Gasteiger charge is -2.06. The first kappa shape index (κ1) is 28.9. The van der Waals surface area contributed by atoms with Crippen molar-refractivity contribution in [2.75, 3.05) is 5.75 Å². The predicted octanol–water partition coefficient (Wildman–Crippen LogP) is 6.01. The first-order valence-electron chi connectivity index (χ1n) is 10.1. The van der Waals surface area contributed by atoms with Crippen LogP contribution in [-0.2, 0) is 13.1 Å². The molecule has 0 amide bonds. The molecule has 2 rings (SSSR count). The van der Waals surface area contributed by atoms with Gasteiger partial charge in [-0.2, -0.15) is 10.5 Å². The smallest absolute Gasteiger partial charge is 0.123 e. The van der Waals surface area contributed by atoms with Crippen LogP contribution in [0.15, 0.2) is 47.7 Å². The molecule has 1 heterocycles. The molecule has 0 unspecified atom stereocenters. The van der Waals surface area contributed by atoms with E-state index in [9.17, 15) is 0 Å². The van der Waals surface area contributed by atoms with E-state index in [1.165, 1.54) is 25.3 Å². The molecular weight excluding hydrogens is 378 g/mol. The van der Waals surface area contributed by atoms with Gasteiger partial charge in [0, 0.05) is 23.4 Å². The molecule has 0 saturated heterocycles. The van der Waals surface area contributed by atoms with Crippen LogP contribution < -0.4 is 5.73 Å². The molecule has 0 aliphatic heterocycles. The topological polar surface area (TPSA) is 91.4 Å². The van der Waals surface area contributed by atoms with Gasteiger partial charge >= 0.3 is 0 Å². The van der Waals surface area contributed by atoms with Crippen LogP contribution in [0.3, 0.4) is 0 Å². The molecule has 1 aliphatic rings. The Morgan fingerprint density at radius 1 is 1.34 bits per heavy atom. The summed E-state index contributed by atoms with van der Waals surface area (Å²) >= 11 is 1.67. The zero-order valence-corrected chi connectivity index (χ0v) is 19.6. The maximum Gasteiger partial charge on any atom is 0.123 e. The number of hydrogen-bond donors (Lipinski definition) is 1. The lowest BCUT2D eigenvalue weighted by molar-refractivity contribution is 0.651. The fourth-order valence-electron chi connectivity index (χ4n) is 1.88. The number of hydrogen-bond acceptors (Lipinski definition) is 5. The van der Waals surface area contributed by atoms with Crippen LogP contribution in [0.4, 0.5) is 0 Å².